The highest BCUT2D eigenvalue weighted by Gasteiger charge is 2.58. The van der Waals surface area contributed by atoms with Crippen LogP contribution in [0.15, 0.2) is 0 Å². The Hall–Kier alpha value is -0.0900. The smallest absolute Gasteiger partial charge is 0.212 e. The fourth-order valence-corrected chi connectivity index (χ4v) is 4.58. The molecule has 2 N–H and O–H groups in total. The van der Waals surface area contributed by atoms with Crippen LogP contribution < -0.4 is 5.14 Å². The van der Waals surface area contributed by atoms with E-state index >= 15 is 0 Å². The van der Waals surface area contributed by atoms with Crippen molar-refractivity contribution in [3.8, 4) is 0 Å². The molecule has 1 spiro atoms. The maximum atomic E-state index is 11.0. The minimum absolute atomic E-state index is 0.247. The van der Waals surface area contributed by atoms with Gasteiger partial charge >= 0.3 is 0 Å². The Bertz CT molecular complexity index is 316. The van der Waals surface area contributed by atoms with Gasteiger partial charge in [0.25, 0.3) is 0 Å². The van der Waals surface area contributed by atoms with Crippen molar-refractivity contribution in [1.29, 1.82) is 0 Å². The van der Waals surface area contributed by atoms with E-state index in [1.54, 1.807) is 0 Å². The van der Waals surface area contributed by atoms with Crippen molar-refractivity contribution >= 4 is 10.0 Å². The zero-order chi connectivity index (χ0) is 9.91. The van der Waals surface area contributed by atoms with Crippen LogP contribution in [0.3, 0.4) is 0 Å². The molecular weight excluding hydrogens is 186 g/mol. The number of hydrogen-bond donors (Lipinski definition) is 1. The van der Waals surface area contributed by atoms with Gasteiger partial charge in [-0.15, -0.1) is 0 Å². The molecule has 0 aromatic carbocycles. The molecule has 3 nitrogen and oxygen atoms in total. The minimum atomic E-state index is -3.25. The average Bonchev–Trinajstić information content (AvgIpc) is 1.72. The maximum absolute atomic E-state index is 11.0. The van der Waals surface area contributed by atoms with Crippen molar-refractivity contribution in [1.82, 2.24) is 0 Å². The third-order valence-corrected chi connectivity index (χ3v) is 4.76. The molecule has 2 fully saturated rings. The summed E-state index contributed by atoms with van der Waals surface area (Å²) in [6, 6.07) is 0. The summed E-state index contributed by atoms with van der Waals surface area (Å²) < 4.78 is 22.0. The topological polar surface area (TPSA) is 60.2 Å². The summed E-state index contributed by atoms with van der Waals surface area (Å²) in [6.07, 6.45) is 3.95. The minimum Gasteiger partial charge on any atom is -0.228 e. The first kappa shape index (κ1) is 9.46. The van der Waals surface area contributed by atoms with E-state index in [0.717, 1.165) is 12.8 Å². The molecule has 13 heavy (non-hydrogen) atoms. The molecule has 0 aliphatic heterocycles. The lowest BCUT2D eigenvalue weighted by molar-refractivity contribution is -0.0723. The lowest BCUT2D eigenvalue weighted by atomic mass is 9.46. The molecule has 0 radical (unpaired) electrons. The van der Waals surface area contributed by atoms with Crippen LogP contribution in [0.2, 0.25) is 0 Å². The van der Waals surface area contributed by atoms with Gasteiger partial charge in [0.05, 0.1) is 5.25 Å². The second kappa shape index (κ2) is 2.28. The zero-order valence-electron chi connectivity index (χ0n) is 8.21. The Morgan fingerprint density at radius 3 is 2.00 bits per heavy atom. The summed E-state index contributed by atoms with van der Waals surface area (Å²) in [5.74, 6) is 0. The highest BCUT2D eigenvalue weighted by Crippen LogP contribution is 2.64. The second-order valence-electron chi connectivity index (χ2n) is 5.64. The van der Waals surface area contributed by atoms with Gasteiger partial charge < -0.3 is 0 Å². The Labute approximate surface area is 79.7 Å². The van der Waals surface area contributed by atoms with E-state index < -0.39 is 10.0 Å². The molecule has 2 rings (SSSR count). The Kier molecular flexibility index (Phi) is 1.66. The first-order valence-electron chi connectivity index (χ1n) is 4.74. The van der Waals surface area contributed by atoms with Gasteiger partial charge in [-0.3, -0.25) is 0 Å². The number of hydrogen-bond acceptors (Lipinski definition) is 2. The third-order valence-electron chi connectivity index (χ3n) is 3.49. The van der Waals surface area contributed by atoms with Crippen molar-refractivity contribution in [3.05, 3.63) is 0 Å². The van der Waals surface area contributed by atoms with Gasteiger partial charge in [-0.2, -0.15) is 0 Å². The highest BCUT2D eigenvalue weighted by molar-refractivity contribution is 7.89. The summed E-state index contributed by atoms with van der Waals surface area (Å²) in [7, 11) is -3.25. The summed E-state index contributed by atoms with van der Waals surface area (Å²) in [4.78, 5) is 0. The summed E-state index contributed by atoms with van der Waals surface area (Å²) in [5, 5.41) is 4.83. The molecule has 2 aliphatic rings. The van der Waals surface area contributed by atoms with Crippen LogP contribution in [0.4, 0.5) is 0 Å². The van der Waals surface area contributed by atoms with Crippen LogP contribution in [0, 0.1) is 10.8 Å². The van der Waals surface area contributed by atoms with Gasteiger partial charge in [0.1, 0.15) is 0 Å². The van der Waals surface area contributed by atoms with Crippen LogP contribution in [-0.4, -0.2) is 13.7 Å². The summed E-state index contributed by atoms with van der Waals surface area (Å²) >= 11 is 0. The molecule has 0 atom stereocenters. The summed E-state index contributed by atoms with van der Waals surface area (Å²) in [6.45, 7) is 4.48. The fraction of sp³-hybridized carbons (Fsp3) is 1.00. The first-order chi connectivity index (χ1) is 5.73. The monoisotopic (exact) mass is 203 g/mol. The van der Waals surface area contributed by atoms with E-state index in [1.807, 2.05) is 0 Å². The van der Waals surface area contributed by atoms with Crippen molar-refractivity contribution in [2.24, 2.45) is 16.0 Å². The van der Waals surface area contributed by atoms with Gasteiger partial charge in [0.2, 0.25) is 10.0 Å². The number of nitrogens with two attached hydrogens (primary N) is 1. The molecule has 2 aliphatic carbocycles. The molecule has 0 aromatic heterocycles. The van der Waals surface area contributed by atoms with Crippen molar-refractivity contribution < 1.29 is 8.42 Å². The van der Waals surface area contributed by atoms with E-state index in [0.29, 0.717) is 10.8 Å². The van der Waals surface area contributed by atoms with Gasteiger partial charge in [-0.25, -0.2) is 13.6 Å². The average molecular weight is 203 g/mol. The van der Waals surface area contributed by atoms with E-state index in [1.165, 1.54) is 12.8 Å². The maximum Gasteiger partial charge on any atom is 0.212 e. The van der Waals surface area contributed by atoms with Gasteiger partial charge in [0.15, 0.2) is 0 Å². The van der Waals surface area contributed by atoms with Crippen LogP contribution >= 0.6 is 0 Å². The molecule has 0 heterocycles. The van der Waals surface area contributed by atoms with Crippen LogP contribution in [0.5, 0.6) is 0 Å². The van der Waals surface area contributed by atoms with Gasteiger partial charge in [-0.05, 0) is 36.5 Å². The third kappa shape index (κ3) is 1.50. The van der Waals surface area contributed by atoms with E-state index in [4.69, 9.17) is 5.14 Å². The van der Waals surface area contributed by atoms with Crippen molar-refractivity contribution in [2.75, 3.05) is 0 Å². The van der Waals surface area contributed by atoms with E-state index in [-0.39, 0.29) is 5.25 Å². The van der Waals surface area contributed by atoms with Gasteiger partial charge in [0, 0.05) is 0 Å². The molecular formula is C9H17NO2S. The number of sulfonamides is 1. The lowest BCUT2D eigenvalue weighted by Gasteiger charge is -2.61. The Balaban J connectivity index is 1.94. The molecule has 0 aromatic rings. The lowest BCUT2D eigenvalue weighted by Crippen LogP contribution is -2.56. The quantitative estimate of drug-likeness (QED) is 0.697. The Morgan fingerprint density at radius 2 is 1.69 bits per heavy atom. The summed E-state index contributed by atoms with van der Waals surface area (Å²) in [5.41, 5.74) is 0.782. The van der Waals surface area contributed by atoms with Gasteiger partial charge in [-0.1, -0.05) is 13.8 Å². The Morgan fingerprint density at radius 1 is 1.23 bits per heavy atom. The SMILES string of the molecule is CC1(C)CC2(CC(S(N)(=O)=O)C2)C1. The normalized spacial score (nSPS) is 31.0. The largest absolute Gasteiger partial charge is 0.228 e. The molecule has 76 valence electrons. The van der Waals surface area contributed by atoms with Crippen molar-refractivity contribution in [3.63, 3.8) is 0 Å². The predicted octanol–water partition coefficient (Wildman–Crippen LogP) is 1.24. The molecule has 0 amide bonds. The van der Waals surface area contributed by atoms with E-state index in [2.05, 4.69) is 13.8 Å². The predicted molar refractivity (Wildman–Crippen MR) is 51.6 cm³/mol. The first-order valence-corrected chi connectivity index (χ1v) is 6.35. The van der Waals surface area contributed by atoms with Crippen molar-refractivity contribution in [2.45, 2.75) is 44.8 Å². The van der Waals surface area contributed by atoms with Crippen LogP contribution in [-0.2, 0) is 10.0 Å². The second-order valence-corrected chi connectivity index (χ2v) is 7.48. The molecule has 0 unspecified atom stereocenters. The van der Waals surface area contributed by atoms with Crippen LogP contribution in [0.1, 0.15) is 39.5 Å². The highest BCUT2D eigenvalue weighted by atomic mass is 32.2. The standard InChI is InChI=1S/C9H17NO2S/c1-8(2)5-9(6-8)3-7(4-9)13(10,11)12/h7H,3-6H2,1-2H3,(H2,10,11,12). The fourth-order valence-electron chi connectivity index (χ4n) is 3.41. The molecule has 0 bridgehead atoms. The number of primary sulfonamides is 1. The van der Waals surface area contributed by atoms with Crippen LogP contribution in [0.25, 0.3) is 0 Å². The molecule has 0 saturated heterocycles. The molecule has 2 saturated carbocycles. The van der Waals surface area contributed by atoms with E-state index in [9.17, 15) is 8.42 Å². The molecule has 4 heteroatoms. The zero-order valence-corrected chi connectivity index (χ0v) is 9.02. The number of rotatable bonds is 1.